The molecule has 1 rings (SSSR count). The van der Waals surface area contributed by atoms with Crippen LogP contribution in [0.3, 0.4) is 0 Å². The normalized spacial score (nSPS) is 17.7. The van der Waals surface area contributed by atoms with Crippen LogP contribution in [0.5, 0.6) is 0 Å². The number of nitrogens with one attached hydrogen (secondary N) is 2. The summed E-state index contributed by atoms with van der Waals surface area (Å²) in [5, 5.41) is 6.29. The minimum absolute atomic E-state index is 0.186. The second-order valence-electron chi connectivity index (χ2n) is 4.72. The van der Waals surface area contributed by atoms with E-state index in [0.717, 1.165) is 13.1 Å². The Hall–Kier alpha value is -0.220. The number of thioether (sulfide) groups is 1. The Bertz CT molecular complexity index is 203. The van der Waals surface area contributed by atoms with Crippen molar-refractivity contribution in [2.75, 3.05) is 24.6 Å². The predicted octanol–water partition coefficient (Wildman–Crippen LogP) is 1.63. The van der Waals surface area contributed by atoms with E-state index in [0.29, 0.717) is 18.4 Å². The molecule has 16 heavy (non-hydrogen) atoms. The van der Waals surface area contributed by atoms with E-state index < -0.39 is 0 Å². The monoisotopic (exact) mass is 244 g/mol. The maximum absolute atomic E-state index is 11.5. The van der Waals surface area contributed by atoms with E-state index in [9.17, 15) is 4.79 Å². The van der Waals surface area contributed by atoms with Crippen LogP contribution in [-0.2, 0) is 4.79 Å². The third-order valence-corrected chi connectivity index (χ3v) is 3.88. The number of rotatable bonds is 6. The summed E-state index contributed by atoms with van der Waals surface area (Å²) >= 11 is 2.03. The van der Waals surface area contributed by atoms with E-state index in [-0.39, 0.29) is 5.91 Å². The average Bonchev–Trinajstić information content (AvgIpc) is 2.27. The fourth-order valence-electron chi connectivity index (χ4n) is 1.77. The van der Waals surface area contributed by atoms with Gasteiger partial charge >= 0.3 is 0 Å². The minimum atomic E-state index is 0.186. The lowest BCUT2D eigenvalue weighted by Gasteiger charge is -2.21. The van der Waals surface area contributed by atoms with Gasteiger partial charge in [0.15, 0.2) is 0 Å². The van der Waals surface area contributed by atoms with Crippen LogP contribution in [0, 0.1) is 5.92 Å². The van der Waals surface area contributed by atoms with Crippen LogP contribution in [0.4, 0.5) is 0 Å². The predicted molar refractivity (Wildman–Crippen MR) is 70.8 cm³/mol. The van der Waals surface area contributed by atoms with Crippen LogP contribution in [0.1, 0.15) is 33.1 Å². The highest BCUT2D eigenvalue weighted by Gasteiger charge is 2.14. The van der Waals surface area contributed by atoms with Crippen molar-refractivity contribution in [1.82, 2.24) is 10.6 Å². The van der Waals surface area contributed by atoms with E-state index in [4.69, 9.17) is 0 Å². The number of carbonyl (C=O) groups excluding carboxylic acids is 1. The minimum Gasteiger partial charge on any atom is -0.356 e. The lowest BCUT2D eigenvalue weighted by atomic mass is 10.0. The van der Waals surface area contributed by atoms with E-state index in [2.05, 4.69) is 24.5 Å². The topological polar surface area (TPSA) is 41.1 Å². The Morgan fingerprint density at radius 3 is 2.69 bits per heavy atom. The molecule has 1 saturated heterocycles. The zero-order chi connectivity index (χ0) is 11.8. The first-order valence-electron chi connectivity index (χ1n) is 6.26. The standard InChI is InChI=1S/C12H24N2OS/c1-10(2)13-6-3-12(15)14-9-11-4-7-16-8-5-11/h10-11,13H,3-9H2,1-2H3,(H,14,15). The van der Waals surface area contributed by atoms with Crippen molar-refractivity contribution in [3.05, 3.63) is 0 Å². The van der Waals surface area contributed by atoms with Crippen molar-refractivity contribution in [2.45, 2.75) is 39.2 Å². The van der Waals surface area contributed by atoms with Gasteiger partial charge in [-0.1, -0.05) is 13.8 Å². The Morgan fingerprint density at radius 1 is 1.38 bits per heavy atom. The molecule has 1 heterocycles. The summed E-state index contributed by atoms with van der Waals surface area (Å²) in [6.07, 6.45) is 3.12. The fourth-order valence-corrected chi connectivity index (χ4v) is 2.98. The highest BCUT2D eigenvalue weighted by Crippen LogP contribution is 2.21. The Kier molecular flexibility index (Phi) is 6.88. The Morgan fingerprint density at radius 2 is 2.06 bits per heavy atom. The number of carbonyl (C=O) groups is 1. The summed E-state index contributed by atoms with van der Waals surface area (Å²) in [5.41, 5.74) is 0. The molecule has 0 aromatic carbocycles. The summed E-state index contributed by atoms with van der Waals surface area (Å²) < 4.78 is 0. The SMILES string of the molecule is CC(C)NCCC(=O)NCC1CCSCC1. The molecule has 0 radical (unpaired) electrons. The van der Waals surface area contributed by atoms with Gasteiger partial charge in [-0.15, -0.1) is 0 Å². The first-order chi connectivity index (χ1) is 7.68. The van der Waals surface area contributed by atoms with Gasteiger partial charge in [0, 0.05) is 25.6 Å². The number of amides is 1. The average molecular weight is 244 g/mol. The number of hydrogen-bond acceptors (Lipinski definition) is 3. The molecule has 4 heteroatoms. The molecular formula is C12H24N2OS. The summed E-state index contributed by atoms with van der Waals surface area (Å²) in [4.78, 5) is 11.5. The summed E-state index contributed by atoms with van der Waals surface area (Å²) in [5.74, 6) is 3.42. The zero-order valence-corrected chi connectivity index (χ0v) is 11.2. The first-order valence-corrected chi connectivity index (χ1v) is 7.41. The van der Waals surface area contributed by atoms with Gasteiger partial charge in [-0.05, 0) is 30.3 Å². The lowest BCUT2D eigenvalue weighted by Crippen LogP contribution is -2.34. The van der Waals surface area contributed by atoms with Gasteiger partial charge in [0.1, 0.15) is 0 Å². The van der Waals surface area contributed by atoms with Crippen molar-refractivity contribution < 1.29 is 4.79 Å². The molecular weight excluding hydrogens is 220 g/mol. The van der Waals surface area contributed by atoms with Crippen molar-refractivity contribution in [3.63, 3.8) is 0 Å². The van der Waals surface area contributed by atoms with E-state index in [1.807, 2.05) is 11.8 Å². The molecule has 94 valence electrons. The second-order valence-corrected chi connectivity index (χ2v) is 5.94. The summed E-state index contributed by atoms with van der Waals surface area (Å²) in [6.45, 7) is 5.85. The van der Waals surface area contributed by atoms with Crippen LogP contribution in [0.15, 0.2) is 0 Å². The number of hydrogen-bond donors (Lipinski definition) is 2. The highest BCUT2D eigenvalue weighted by atomic mass is 32.2. The van der Waals surface area contributed by atoms with Gasteiger partial charge in [0.25, 0.3) is 0 Å². The molecule has 0 aliphatic carbocycles. The molecule has 1 amide bonds. The molecule has 0 bridgehead atoms. The quantitative estimate of drug-likeness (QED) is 0.746. The van der Waals surface area contributed by atoms with E-state index in [1.165, 1.54) is 24.3 Å². The van der Waals surface area contributed by atoms with Crippen molar-refractivity contribution in [1.29, 1.82) is 0 Å². The highest BCUT2D eigenvalue weighted by molar-refractivity contribution is 7.99. The largest absolute Gasteiger partial charge is 0.356 e. The van der Waals surface area contributed by atoms with Gasteiger partial charge in [0.05, 0.1) is 0 Å². The molecule has 0 aromatic heterocycles. The smallest absolute Gasteiger partial charge is 0.221 e. The van der Waals surface area contributed by atoms with Crippen molar-refractivity contribution in [3.8, 4) is 0 Å². The van der Waals surface area contributed by atoms with Crippen molar-refractivity contribution >= 4 is 17.7 Å². The van der Waals surface area contributed by atoms with Crippen LogP contribution in [0.2, 0.25) is 0 Å². The molecule has 2 N–H and O–H groups in total. The maximum Gasteiger partial charge on any atom is 0.221 e. The van der Waals surface area contributed by atoms with Crippen molar-refractivity contribution in [2.24, 2.45) is 5.92 Å². The van der Waals surface area contributed by atoms with Gasteiger partial charge < -0.3 is 10.6 Å². The van der Waals surface area contributed by atoms with Gasteiger partial charge in [-0.25, -0.2) is 0 Å². The third-order valence-electron chi connectivity index (χ3n) is 2.83. The molecule has 0 spiro atoms. The van der Waals surface area contributed by atoms with Gasteiger partial charge in [-0.3, -0.25) is 4.79 Å². The first kappa shape index (κ1) is 13.8. The molecule has 1 aliphatic rings. The summed E-state index contributed by atoms with van der Waals surface area (Å²) in [7, 11) is 0. The van der Waals surface area contributed by atoms with Crippen LogP contribution in [0.25, 0.3) is 0 Å². The summed E-state index contributed by atoms with van der Waals surface area (Å²) in [6, 6.07) is 0.461. The van der Waals surface area contributed by atoms with Crippen LogP contribution < -0.4 is 10.6 Å². The molecule has 0 saturated carbocycles. The maximum atomic E-state index is 11.5. The molecule has 1 fully saturated rings. The molecule has 0 atom stereocenters. The Balaban J connectivity index is 2.00. The van der Waals surface area contributed by atoms with Crippen LogP contribution in [-0.4, -0.2) is 36.5 Å². The lowest BCUT2D eigenvalue weighted by molar-refractivity contribution is -0.121. The molecule has 0 unspecified atom stereocenters. The molecule has 1 aliphatic heterocycles. The fraction of sp³-hybridized carbons (Fsp3) is 0.917. The van der Waals surface area contributed by atoms with Gasteiger partial charge in [0.2, 0.25) is 5.91 Å². The second kappa shape index (κ2) is 7.96. The Labute approximate surface area is 103 Å². The third kappa shape index (κ3) is 6.38. The van der Waals surface area contributed by atoms with Gasteiger partial charge in [-0.2, -0.15) is 11.8 Å². The van der Waals surface area contributed by atoms with E-state index in [1.54, 1.807) is 0 Å². The van der Waals surface area contributed by atoms with E-state index >= 15 is 0 Å². The molecule has 3 nitrogen and oxygen atoms in total. The zero-order valence-electron chi connectivity index (χ0n) is 10.4. The molecule has 0 aromatic rings. The van der Waals surface area contributed by atoms with Crippen LogP contribution >= 0.6 is 11.8 Å².